The Bertz CT molecular complexity index is 600. The molecule has 1 heterocycles. The van der Waals surface area contributed by atoms with Crippen molar-refractivity contribution in [1.82, 2.24) is 5.32 Å². The number of carbonyl (C=O) groups is 3. The van der Waals surface area contributed by atoms with Crippen LogP contribution < -0.4 is 15.0 Å². The molecular weight excluding hydrogens is 300 g/mol. The second-order valence-electron chi connectivity index (χ2n) is 4.76. The van der Waals surface area contributed by atoms with Gasteiger partial charge in [0.05, 0.1) is 12.8 Å². The molecule has 1 unspecified atom stereocenters. The Hall–Kier alpha value is -2.57. The Morgan fingerprint density at radius 3 is 2.52 bits per heavy atom. The summed E-state index contributed by atoms with van der Waals surface area (Å²) in [5, 5.41) is 12.2. The van der Waals surface area contributed by atoms with Gasteiger partial charge in [0.1, 0.15) is 6.04 Å². The summed E-state index contributed by atoms with van der Waals surface area (Å²) in [6.07, 6.45) is 0.870. The molecule has 0 aromatic heterocycles. The van der Waals surface area contributed by atoms with Crippen LogP contribution in [0.2, 0.25) is 0 Å². The molecule has 7 nitrogen and oxygen atoms in total. The molecule has 1 aliphatic rings. The van der Waals surface area contributed by atoms with Crippen LogP contribution in [0.1, 0.15) is 32.3 Å². The number of hydrogen-bond donors (Lipinski definition) is 2. The number of piperidine rings is 1. The summed E-state index contributed by atoms with van der Waals surface area (Å²) >= 11 is 0. The molecule has 23 heavy (non-hydrogen) atoms. The number of carbonyl (C=O) groups excluding carboxylic acids is 3. The second kappa shape index (κ2) is 8.17. The van der Waals surface area contributed by atoms with Crippen LogP contribution >= 0.6 is 0 Å². The van der Waals surface area contributed by atoms with Crippen LogP contribution in [-0.4, -0.2) is 36.5 Å². The lowest BCUT2D eigenvalue weighted by molar-refractivity contribution is -0.134. The molecule has 0 spiro atoms. The van der Waals surface area contributed by atoms with E-state index in [9.17, 15) is 19.5 Å². The SMILES string of the molecule is CC.COc1c(N(C=O)C2CCC(=O)NC2=O)ccc(C)c1O. The fraction of sp³-hybridized carbons (Fsp3) is 0.438. The van der Waals surface area contributed by atoms with Gasteiger partial charge in [0.2, 0.25) is 18.2 Å². The maximum atomic E-state index is 11.9. The van der Waals surface area contributed by atoms with Crippen LogP contribution in [0.15, 0.2) is 12.1 Å². The molecule has 1 atom stereocenters. The topological polar surface area (TPSA) is 95.9 Å². The number of amides is 3. The number of anilines is 1. The minimum Gasteiger partial charge on any atom is -0.504 e. The first kappa shape index (κ1) is 18.5. The average Bonchev–Trinajstić information content (AvgIpc) is 2.55. The van der Waals surface area contributed by atoms with Crippen molar-refractivity contribution in [2.75, 3.05) is 12.0 Å². The van der Waals surface area contributed by atoms with Gasteiger partial charge in [0.15, 0.2) is 11.5 Å². The van der Waals surface area contributed by atoms with E-state index in [2.05, 4.69) is 5.32 Å². The summed E-state index contributed by atoms with van der Waals surface area (Å²) in [5.74, 6) is -0.873. The van der Waals surface area contributed by atoms with Gasteiger partial charge < -0.3 is 9.84 Å². The van der Waals surface area contributed by atoms with E-state index >= 15 is 0 Å². The third-order valence-electron chi connectivity index (χ3n) is 3.45. The first-order chi connectivity index (χ1) is 11.0. The van der Waals surface area contributed by atoms with Gasteiger partial charge in [-0.15, -0.1) is 0 Å². The number of hydrogen-bond acceptors (Lipinski definition) is 5. The molecule has 7 heteroatoms. The van der Waals surface area contributed by atoms with Gasteiger partial charge in [-0.2, -0.15) is 0 Å². The molecule has 1 saturated heterocycles. The zero-order valence-electron chi connectivity index (χ0n) is 13.8. The van der Waals surface area contributed by atoms with Crippen LogP contribution in [0.5, 0.6) is 11.5 Å². The predicted molar refractivity (Wildman–Crippen MR) is 85.5 cm³/mol. The lowest BCUT2D eigenvalue weighted by Crippen LogP contribution is -2.52. The fourth-order valence-corrected chi connectivity index (χ4v) is 2.31. The maximum absolute atomic E-state index is 11.9. The highest BCUT2D eigenvalue weighted by atomic mass is 16.5. The molecule has 1 aliphatic heterocycles. The molecule has 126 valence electrons. The van der Waals surface area contributed by atoms with Crippen molar-refractivity contribution in [3.05, 3.63) is 17.7 Å². The minimum atomic E-state index is -0.809. The van der Waals surface area contributed by atoms with Gasteiger partial charge in [-0.25, -0.2) is 0 Å². The van der Waals surface area contributed by atoms with Crippen LogP contribution in [-0.2, 0) is 14.4 Å². The largest absolute Gasteiger partial charge is 0.504 e. The van der Waals surface area contributed by atoms with E-state index in [4.69, 9.17) is 4.74 Å². The first-order valence-electron chi connectivity index (χ1n) is 7.43. The van der Waals surface area contributed by atoms with Crippen molar-refractivity contribution in [2.24, 2.45) is 0 Å². The van der Waals surface area contributed by atoms with E-state index in [1.165, 1.54) is 12.0 Å². The lowest BCUT2D eigenvalue weighted by atomic mass is 10.0. The average molecular weight is 322 g/mol. The van der Waals surface area contributed by atoms with E-state index in [-0.39, 0.29) is 35.9 Å². The van der Waals surface area contributed by atoms with E-state index in [1.807, 2.05) is 13.8 Å². The summed E-state index contributed by atoms with van der Waals surface area (Å²) in [7, 11) is 1.37. The second-order valence-corrected chi connectivity index (χ2v) is 4.76. The lowest BCUT2D eigenvalue weighted by Gasteiger charge is -2.31. The number of phenolic OH excluding ortho intramolecular Hbond substituents is 1. The Balaban J connectivity index is 0.00000127. The summed E-state index contributed by atoms with van der Waals surface area (Å²) in [5.41, 5.74) is 0.870. The standard InChI is InChI=1S/C14H16N2O5.C2H6/c1-8-3-4-9(13(21-2)12(8)19)16(7-17)10-5-6-11(18)15-14(10)20;1-2/h3-4,7,10,19H,5-6H2,1-2H3,(H,15,18,20);1-2H3. The minimum absolute atomic E-state index is 0.0888. The molecule has 3 amide bonds. The number of aryl methyl sites for hydroxylation is 1. The number of rotatable bonds is 4. The Kier molecular flexibility index (Phi) is 6.56. The van der Waals surface area contributed by atoms with Gasteiger partial charge in [-0.1, -0.05) is 19.9 Å². The summed E-state index contributed by atoms with van der Waals surface area (Å²) < 4.78 is 5.14. The van der Waals surface area contributed by atoms with Crippen molar-refractivity contribution < 1.29 is 24.2 Å². The number of benzene rings is 1. The van der Waals surface area contributed by atoms with Gasteiger partial charge >= 0.3 is 0 Å². The zero-order valence-corrected chi connectivity index (χ0v) is 13.8. The number of ether oxygens (including phenoxy) is 1. The van der Waals surface area contributed by atoms with Gasteiger partial charge in [-0.3, -0.25) is 24.6 Å². The molecule has 1 fully saturated rings. The monoisotopic (exact) mass is 322 g/mol. The Morgan fingerprint density at radius 2 is 2.00 bits per heavy atom. The van der Waals surface area contributed by atoms with Gasteiger partial charge in [0.25, 0.3) is 0 Å². The Morgan fingerprint density at radius 1 is 1.35 bits per heavy atom. The molecule has 1 aromatic carbocycles. The summed E-state index contributed by atoms with van der Waals surface area (Å²) in [6, 6.07) is 2.40. The number of nitrogens with zero attached hydrogens (tertiary/aromatic N) is 1. The van der Waals surface area contributed by atoms with Crippen molar-refractivity contribution in [3.63, 3.8) is 0 Å². The highest BCUT2D eigenvalue weighted by Crippen LogP contribution is 2.40. The highest BCUT2D eigenvalue weighted by molar-refractivity contribution is 6.04. The third-order valence-corrected chi connectivity index (χ3v) is 3.45. The molecule has 0 bridgehead atoms. The molecule has 0 radical (unpaired) electrons. The number of imide groups is 1. The molecular formula is C16H22N2O5. The zero-order chi connectivity index (χ0) is 17.6. The summed E-state index contributed by atoms with van der Waals surface area (Å²) in [4.78, 5) is 35.7. The van der Waals surface area contributed by atoms with Crippen molar-refractivity contribution in [2.45, 2.75) is 39.7 Å². The third kappa shape index (κ3) is 3.80. The summed E-state index contributed by atoms with van der Waals surface area (Å²) in [6.45, 7) is 5.69. The molecule has 2 N–H and O–H groups in total. The molecule has 0 saturated carbocycles. The molecule has 0 aliphatic carbocycles. The fourth-order valence-electron chi connectivity index (χ4n) is 2.31. The molecule has 2 rings (SSSR count). The normalized spacial score (nSPS) is 16.8. The smallest absolute Gasteiger partial charge is 0.249 e. The quantitative estimate of drug-likeness (QED) is 0.647. The van der Waals surface area contributed by atoms with E-state index < -0.39 is 11.9 Å². The van der Waals surface area contributed by atoms with Crippen LogP contribution in [0, 0.1) is 6.92 Å². The van der Waals surface area contributed by atoms with Crippen molar-refractivity contribution in [1.29, 1.82) is 0 Å². The van der Waals surface area contributed by atoms with E-state index in [1.54, 1.807) is 19.1 Å². The Labute approximate surface area is 135 Å². The van der Waals surface area contributed by atoms with Crippen LogP contribution in [0.4, 0.5) is 5.69 Å². The number of methoxy groups -OCH3 is 1. The number of aromatic hydroxyl groups is 1. The van der Waals surface area contributed by atoms with Crippen molar-refractivity contribution in [3.8, 4) is 11.5 Å². The van der Waals surface area contributed by atoms with Gasteiger partial charge in [-0.05, 0) is 25.0 Å². The first-order valence-corrected chi connectivity index (χ1v) is 7.43. The highest BCUT2D eigenvalue weighted by Gasteiger charge is 2.33. The van der Waals surface area contributed by atoms with E-state index in [0.717, 1.165) is 0 Å². The van der Waals surface area contributed by atoms with Crippen molar-refractivity contribution >= 4 is 23.9 Å². The van der Waals surface area contributed by atoms with Gasteiger partial charge in [0, 0.05) is 6.42 Å². The number of nitrogens with one attached hydrogen (secondary N) is 1. The van der Waals surface area contributed by atoms with E-state index in [0.29, 0.717) is 12.0 Å². The maximum Gasteiger partial charge on any atom is 0.249 e. The van der Waals surface area contributed by atoms with Crippen LogP contribution in [0.25, 0.3) is 0 Å². The number of phenols is 1. The molecule has 1 aromatic rings. The van der Waals surface area contributed by atoms with Crippen LogP contribution in [0.3, 0.4) is 0 Å². The predicted octanol–water partition coefficient (Wildman–Crippen LogP) is 1.50.